The molecule has 2 amide bonds. The number of aryl methyl sites for hydroxylation is 1. The minimum Gasteiger partial charge on any atom is -0.449 e. The Morgan fingerprint density at radius 3 is 2.81 bits per heavy atom. The van der Waals surface area contributed by atoms with Crippen LogP contribution in [0.2, 0.25) is 0 Å². The van der Waals surface area contributed by atoms with E-state index in [2.05, 4.69) is 15.6 Å². The van der Waals surface area contributed by atoms with Crippen molar-refractivity contribution in [2.45, 2.75) is 20.3 Å². The highest BCUT2D eigenvalue weighted by Crippen LogP contribution is 2.10. The van der Waals surface area contributed by atoms with Crippen LogP contribution >= 0.6 is 0 Å². The molecule has 0 aliphatic carbocycles. The number of nitrogens with zero attached hydrogens (tertiary/aromatic N) is 1. The Labute approximate surface area is 122 Å². The van der Waals surface area contributed by atoms with Gasteiger partial charge in [0.15, 0.2) is 5.89 Å². The van der Waals surface area contributed by atoms with E-state index in [9.17, 15) is 9.59 Å². The highest BCUT2D eigenvalue weighted by Gasteiger charge is 2.07. The number of aromatic nitrogens is 1. The Hall–Kier alpha value is -2.63. The number of carbonyl (C=O) groups excluding carboxylic acids is 2. The number of benzene rings is 1. The summed E-state index contributed by atoms with van der Waals surface area (Å²) in [6.07, 6.45) is 2.19. The molecule has 6 heteroatoms. The maximum absolute atomic E-state index is 12.0. The molecule has 21 heavy (non-hydrogen) atoms. The van der Waals surface area contributed by atoms with E-state index in [1.54, 1.807) is 37.5 Å². The van der Waals surface area contributed by atoms with Crippen molar-refractivity contribution in [1.82, 2.24) is 10.3 Å². The normalized spacial score (nSPS) is 10.2. The number of carbonyl (C=O) groups is 2. The lowest BCUT2D eigenvalue weighted by atomic mass is 10.2. The highest BCUT2D eigenvalue weighted by molar-refractivity contribution is 5.96. The maximum atomic E-state index is 12.0. The van der Waals surface area contributed by atoms with Gasteiger partial charge in [-0.15, -0.1) is 0 Å². The number of hydrogen-bond donors (Lipinski definition) is 2. The molecule has 0 bridgehead atoms. The number of oxazole rings is 1. The van der Waals surface area contributed by atoms with Gasteiger partial charge in [0, 0.05) is 38.1 Å². The van der Waals surface area contributed by atoms with Crippen LogP contribution < -0.4 is 10.6 Å². The van der Waals surface area contributed by atoms with E-state index in [4.69, 9.17) is 4.42 Å². The summed E-state index contributed by atoms with van der Waals surface area (Å²) >= 11 is 0. The molecule has 0 aliphatic heterocycles. The second kappa shape index (κ2) is 6.69. The quantitative estimate of drug-likeness (QED) is 0.879. The van der Waals surface area contributed by atoms with Crippen molar-refractivity contribution in [1.29, 1.82) is 0 Å². The zero-order valence-corrected chi connectivity index (χ0v) is 12.0. The lowest BCUT2D eigenvalue weighted by molar-refractivity contribution is -0.114. The first-order valence-electron chi connectivity index (χ1n) is 6.61. The molecule has 2 rings (SSSR count). The number of nitrogens with one attached hydrogen (secondary N) is 2. The zero-order chi connectivity index (χ0) is 15.2. The Morgan fingerprint density at radius 1 is 1.33 bits per heavy atom. The van der Waals surface area contributed by atoms with Crippen molar-refractivity contribution in [3.8, 4) is 0 Å². The summed E-state index contributed by atoms with van der Waals surface area (Å²) < 4.78 is 5.10. The second-order valence-corrected chi connectivity index (χ2v) is 4.63. The SMILES string of the molecule is CC(=O)Nc1cccc(C(=O)NCCc2coc(C)n2)c1. The first kappa shape index (κ1) is 14.8. The van der Waals surface area contributed by atoms with E-state index in [-0.39, 0.29) is 11.8 Å². The van der Waals surface area contributed by atoms with Gasteiger partial charge in [0.1, 0.15) is 6.26 Å². The molecular formula is C15H17N3O3. The van der Waals surface area contributed by atoms with Gasteiger partial charge >= 0.3 is 0 Å². The fraction of sp³-hybridized carbons (Fsp3) is 0.267. The number of amides is 2. The van der Waals surface area contributed by atoms with Crippen molar-refractivity contribution in [2.24, 2.45) is 0 Å². The zero-order valence-electron chi connectivity index (χ0n) is 12.0. The fourth-order valence-electron chi connectivity index (χ4n) is 1.87. The largest absolute Gasteiger partial charge is 0.449 e. The predicted octanol–water partition coefficient (Wildman–Crippen LogP) is 1.91. The van der Waals surface area contributed by atoms with Crippen LogP contribution in [0.4, 0.5) is 5.69 Å². The van der Waals surface area contributed by atoms with Crippen LogP contribution in [0.25, 0.3) is 0 Å². The maximum Gasteiger partial charge on any atom is 0.251 e. The van der Waals surface area contributed by atoms with Crippen LogP contribution in [-0.2, 0) is 11.2 Å². The summed E-state index contributed by atoms with van der Waals surface area (Å²) in [6, 6.07) is 6.79. The van der Waals surface area contributed by atoms with Crippen LogP contribution in [0, 0.1) is 6.92 Å². The van der Waals surface area contributed by atoms with Crippen LogP contribution in [0.15, 0.2) is 34.9 Å². The molecule has 1 aromatic carbocycles. The van der Waals surface area contributed by atoms with Gasteiger partial charge in [0.25, 0.3) is 5.91 Å². The molecule has 0 unspecified atom stereocenters. The van der Waals surface area contributed by atoms with E-state index in [1.807, 2.05) is 0 Å². The smallest absolute Gasteiger partial charge is 0.251 e. The summed E-state index contributed by atoms with van der Waals surface area (Å²) in [6.45, 7) is 3.66. The topological polar surface area (TPSA) is 84.2 Å². The third-order valence-corrected chi connectivity index (χ3v) is 2.78. The van der Waals surface area contributed by atoms with Crippen LogP contribution in [0.3, 0.4) is 0 Å². The van der Waals surface area contributed by atoms with Gasteiger partial charge in [-0.05, 0) is 18.2 Å². The Morgan fingerprint density at radius 2 is 2.14 bits per heavy atom. The molecule has 0 atom stereocenters. The Kier molecular flexibility index (Phi) is 4.71. The molecule has 0 radical (unpaired) electrons. The second-order valence-electron chi connectivity index (χ2n) is 4.63. The summed E-state index contributed by atoms with van der Waals surface area (Å²) in [7, 11) is 0. The molecule has 0 aliphatic rings. The third kappa shape index (κ3) is 4.45. The lowest BCUT2D eigenvalue weighted by Gasteiger charge is -2.06. The van der Waals surface area contributed by atoms with Crippen molar-refractivity contribution < 1.29 is 14.0 Å². The molecule has 0 fully saturated rings. The Balaban J connectivity index is 1.89. The van der Waals surface area contributed by atoms with Gasteiger partial charge in [-0.1, -0.05) is 6.07 Å². The number of anilines is 1. The molecule has 0 saturated carbocycles. The summed E-state index contributed by atoms with van der Waals surface area (Å²) in [4.78, 5) is 27.2. The van der Waals surface area contributed by atoms with Gasteiger partial charge in [0.2, 0.25) is 5.91 Å². The number of hydrogen-bond acceptors (Lipinski definition) is 4. The van der Waals surface area contributed by atoms with Crippen molar-refractivity contribution >= 4 is 17.5 Å². The molecular weight excluding hydrogens is 270 g/mol. The summed E-state index contributed by atoms with van der Waals surface area (Å²) in [5, 5.41) is 5.45. The average molecular weight is 287 g/mol. The predicted molar refractivity (Wildman–Crippen MR) is 78.0 cm³/mol. The van der Waals surface area contributed by atoms with Gasteiger partial charge in [-0.3, -0.25) is 9.59 Å². The molecule has 2 N–H and O–H groups in total. The van der Waals surface area contributed by atoms with Crippen molar-refractivity contribution in [2.75, 3.05) is 11.9 Å². The monoisotopic (exact) mass is 287 g/mol. The van der Waals surface area contributed by atoms with Crippen LogP contribution in [0.5, 0.6) is 0 Å². The summed E-state index contributed by atoms with van der Waals surface area (Å²) in [5.74, 6) is 0.246. The third-order valence-electron chi connectivity index (χ3n) is 2.78. The van der Waals surface area contributed by atoms with E-state index in [0.29, 0.717) is 30.1 Å². The van der Waals surface area contributed by atoms with E-state index in [0.717, 1.165) is 5.69 Å². The van der Waals surface area contributed by atoms with E-state index >= 15 is 0 Å². The fourth-order valence-corrected chi connectivity index (χ4v) is 1.87. The molecule has 1 aromatic heterocycles. The van der Waals surface area contributed by atoms with Gasteiger partial charge in [-0.25, -0.2) is 4.98 Å². The first-order valence-corrected chi connectivity index (χ1v) is 6.61. The number of rotatable bonds is 5. The summed E-state index contributed by atoms with van der Waals surface area (Å²) in [5.41, 5.74) is 1.90. The van der Waals surface area contributed by atoms with Crippen molar-refractivity contribution in [3.05, 3.63) is 47.7 Å². The minimum absolute atomic E-state index is 0.172. The molecule has 0 spiro atoms. The van der Waals surface area contributed by atoms with E-state index < -0.39 is 0 Å². The first-order chi connectivity index (χ1) is 10.0. The minimum atomic E-state index is -0.192. The molecule has 110 valence electrons. The average Bonchev–Trinajstić information content (AvgIpc) is 2.84. The van der Waals surface area contributed by atoms with Gasteiger partial charge < -0.3 is 15.1 Å². The highest BCUT2D eigenvalue weighted by atomic mass is 16.3. The molecule has 0 saturated heterocycles. The standard InChI is InChI=1S/C15H17N3O3/c1-10(19)17-13-5-3-4-12(8-13)15(20)16-7-6-14-9-21-11(2)18-14/h3-5,8-9H,6-7H2,1-2H3,(H,16,20)(H,17,19). The lowest BCUT2D eigenvalue weighted by Crippen LogP contribution is -2.25. The van der Waals surface area contributed by atoms with Gasteiger partial charge in [0.05, 0.1) is 5.69 Å². The molecule has 2 aromatic rings. The molecule has 1 heterocycles. The molecule has 6 nitrogen and oxygen atoms in total. The Bertz CT molecular complexity index is 649. The van der Waals surface area contributed by atoms with Crippen molar-refractivity contribution in [3.63, 3.8) is 0 Å². The van der Waals surface area contributed by atoms with Crippen LogP contribution in [-0.4, -0.2) is 23.3 Å². The van der Waals surface area contributed by atoms with Gasteiger partial charge in [-0.2, -0.15) is 0 Å². The van der Waals surface area contributed by atoms with Crippen LogP contribution in [0.1, 0.15) is 28.9 Å². The van der Waals surface area contributed by atoms with E-state index in [1.165, 1.54) is 6.92 Å².